The zero-order valence-corrected chi connectivity index (χ0v) is 8.08. The highest BCUT2D eigenvalue weighted by Gasteiger charge is 2.25. The first-order valence-electron chi connectivity index (χ1n) is 4.73. The summed E-state index contributed by atoms with van der Waals surface area (Å²) in [4.78, 5) is 11.0. The SMILES string of the molecule is CC(=O)CC1CNc2cccc(O)c21. The lowest BCUT2D eigenvalue weighted by atomic mass is 9.95. The molecule has 0 spiro atoms. The van der Waals surface area contributed by atoms with E-state index >= 15 is 0 Å². The van der Waals surface area contributed by atoms with Crippen LogP contribution in [0.5, 0.6) is 5.75 Å². The van der Waals surface area contributed by atoms with Gasteiger partial charge in [0.1, 0.15) is 11.5 Å². The summed E-state index contributed by atoms with van der Waals surface area (Å²) in [6.07, 6.45) is 0.498. The standard InChI is InChI=1S/C11H13NO2/c1-7(13)5-8-6-12-9-3-2-4-10(14)11(8)9/h2-4,8,12,14H,5-6H2,1H3. The van der Waals surface area contributed by atoms with Gasteiger partial charge in [0.15, 0.2) is 0 Å². The van der Waals surface area contributed by atoms with Gasteiger partial charge in [0.2, 0.25) is 0 Å². The van der Waals surface area contributed by atoms with Crippen molar-refractivity contribution in [2.45, 2.75) is 19.3 Å². The second-order valence-corrected chi connectivity index (χ2v) is 3.72. The smallest absolute Gasteiger partial charge is 0.130 e. The highest BCUT2D eigenvalue weighted by molar-refractivity contribution is 5.78. The van der Waals surface area contributed by atoms with E-state index in [9.17, 15) is 9.90 Å². The Morgan fingerprint density at radius 1 is 1.64 bits per heavy atom. The number of phenols is 1. The van der Waals surface area contributed by atoms with E-state index in [-0.39, 0.29) is 11.7 Å². The summed E-state index contributed by atoms with van der Waals surface area (Å²) in [7, 11) is 0. The average Bonchev–Trinajstić information content (AvgIpc) is 2.49. The molecule has 3 nitrogen and oxygen atoms in total. The number of benzene rings is 1. The van der Waals surface area contributed by atoms with E-state index < -0.39 is 0 Å². The van der Waals surface area contributed by atoms with Gasteiger partial charge < -0.3 is 15.2 Å². The van der Waals surface area contributed by atoms with Crippen LogP contribution in [0.1, 0.15) is 24.8 Å². The normalized spacial score (nSPS) is 18.8. The molecule has 0 aliphatic carbocycles. The molecule has 1 heterocycles. The molecule has 1 aliphatic heterocycles. The first kappa shape index (κ1) is 9.06. The van der Waals surface area contributed by atoms with Gasteiger partial charge >= 0.3 is 0 Å². The van der Waals surface area contributed by atoms with E-state index in [0.29, 0.717) is 12.2 Å². The van der Waals surface area contributed by atoms with Crippen LogP contribution in [-0.4, -0.2) is 17.4 Å². The van der Waals surface area contributed by atoms with Crippen molar-refractivity contribution >= 4 is 11.5 Å². The molecule has 1 unspecified atom stereocenters. The van der Waals surface area contributed by atoms with Crippen molar-refractivity contribution in [3.05, 3.63) is 23.8 Å². The lowest BCUT2D eigenvalue weighted by Crippen LogP contribution is -2.06. The minimum absolute atomic E-state index is 0.128. The second kappa shape index (κ2) is 3.33. The molecule has 0 saturated carbocycles. The Labute approximate surface area is 82.8 Å². The van der Waals surface area contributed by atoms with E-state index in [4.69, 9.17) is 0 Å². The van der Waals surface area contributed by atoms with Gasteiger partial charge in [0.05, 0.1) is 0 Å². The number of anilines is 1. The molecule has 2 rings (SSSR count). The fourth-order valence-electron chi connectivity index (χ4n) is 1.99. The lowest BCUT2D eigenvalue weighted by Gasteiger charge is -2.08. The first-order chi connectivity index (χ1) is 6.68. The summed E-state index contributed by atoms with van der Waals surface area (Å²) in [5.74, 6) is 0.579. The summed E-state index contributed by atoms with van der Waals surface area (Å²) in [5, 5.41) is 12.8. The van der Waals surface area contributed by atoms with Gasteiger partial charge in [-0.15, -0.1) is 0 Å². The number of carbonyl (C=O) groups is 1. The van der Waals surface area contributed by atoms with E-state index in [1.165, 1.54) is 0 Å². The average molecular weight is 191 g/mol. The summed E-state index contributed by atoms with van der Waals surface area (Å²) in [5.41, 5.74) is 1.85. The number of hydrogen-bond acceptors (Lipinski definition) is 3. The quantitative estimate of drug-likeness (QED) is 0.750. The molecule has 3 heteroatoms. The van der Waals surface area contributed by atoms with Gasteiger partial charge in [-0.05, 0) is 19.1 Å². The molecule has 0 radical (unpaired) electrons. The van der Waals surface area contributed by atoms with Gasteiger partial charge in [0, 0.05) is 30.1 Å². The molecule has 0 fully saturated rings. The minimum Gasteiger partial charge on any atom is -0.508 e. The highest BCUT2D eigenvalue weighted by atomic mass is 16.3. The molecular weight excluding hydrogens is 178 g/mol. The molecule has 74 valence electrons. The fourth-order valence-corrected chi connectivity index (χ4v) is 1.99. The molecule has 1 aromatic rings. The van der Waals surface area contributed by atoms with Crippen LogP contribution < -0.4 is 5.32 Å². The van der Waals surface area contributed by atoms with Crippen LogP contribution in [0.25, 0.3) is 0 Å². The Kier molecular flexibility index (Phi) is 2.15. The number of Topliss-reactive ketones (excluding diaryl/α,β-unsaturated/α-hetero) is 1. The topological polar surface area (TPSA) is 49.3 Å². The summed E-state index contributed by atoms with van der Waals surface area (Å²) >= 11 is 0. The van der Waals surface area contributed by atoms with Crippen LogP contribution >= 0.6 is 0 Å². The minimum atomic E-state index is 0.128. The maximum atomic E-state index is 11.0. The zero-order valence-electron chi connectivity index (χ0n) is 8.08. The third-order valence-corrected chi connectivity index (χ3v) is 2.56. The van der Waals surface area contributed by atoms with Crippen molar-refractivity contribution in [3.63, 3.8) is 0 Å². The molecular formula is C11H13NO2. The van der Waals surface area contributed by atoms with Crippen molar-refractivity contribution in [1.29, 1.82) is 0 Å². The van der Waals surface area contributed by atoms with Crippen molar-refractivity contribution in [1.82, 2.24) is 0 Å². The van der Waals surface area contributed by atoms with Gasteiger partial charge in [-0.1, -0.05) is 6.07 Å². The van der Waals surface area contributed by atoms with E-state index in [2.05, 4.69) is 5.32 Å². The van der Waals surface area contributed by atoms with Crippen molar-refractivity contribution in [3.8, 4) is 5.75 Å². The predicted octanol–water partition coefficient (Wildman–Crippen LogP) is 1.88. The van der Waals surface area contributed by atoms with E-state index in [1.54, 1.807) is 19.1 Å². The van der Waals surface area contributed by atoms with Crippen LogP contribution in [0.15, 0.2) is 18.2 Å². The number of phenolic OH excluding ortho intramolecular Hbond substituents is 1. The maximum absolute atomic E-state index is 11.0. The van der Waals surface area contributed by atoms with Crippen molar-refractivity contribution < 1.29 is 9.90 Å². The van der Waals surface area contributed by atoms with Crippen molar-refractivity contribution in [2.75, 3.05) is 11.9 Å². The molecule has 1 aromatic carbocycles. The molecule has 0 amide bonds. The van der Waals surface area contributed by atoms with Crippen LogP contribution in [-0.2, 0) is 4.79 Å². The first-order valence-corrected chi connectivity index (χ1v) is 4.73. The second-order valence-electron chi connectivity index (χ2n) is 3.72. The van der Waals surface area contributed by atoms with Crippen LogP contribution in [0.2, 0.25) is 0 Å². The van der Waals surface area contributed by atoms with Gasteiger partial charge in [-0.3, -0.25) is 0 Å². The van der Waals surface area contributed by atoms with Gasteiger partial charge in [-0.2, -0.15) is 0 Å². The fraction of sp³-hybridized carbons (Fsp3) is 0.364. The maximum Gasteiger partial charge on any atom is 0.130 e. The molecule has 0 aromatic heterocycles. The third-order valence-electron chi connectivity index (χ3n) is 2.56. The van der Waals surface area contributed by atoms with Gasteiger partial charge in [-0.25, -0.2) is 0 Å². The number of ketones is 1. The Bertz CT molecular complexity index is 374. The summed E-state index contributed by atoms with van der Waals surface area (Å²) < 4.78 is 0. The monoisotopic (exact) mass is 191 g/mol. The largest absolute Gasteiger partial charge is 0.508 e. The van der Waals surface area contributed by atoms with Crippen LogP contribution in [0.4, 0.5) is 5.69 Å². The molecule has 14 heavy (non-hydrogen) atoms. The van der Waals surface area contributed by atoms with E-state index in [1.807, 2.05) is 6.07 Å². The number of nitrogens with one attached hydrogen (secondary N) is 1. The number of aromatic hydroxyl groups is 1. The molecule has 0 bridgehead atoms. The number of fused-ring (bicyclic) bond motifs is 1. The molecule has 2 N–H and O–H groups in total. The molecule has 0 saturated heterocycles. The zero-order chi connectivity index (χ0) is 10.1. The lowest BCUT2D eigenvalue weighted by molar-refractivity contribution is -0.117. The Morgan fingerprint density at radius 2 is 2.43 bits per heavy atom. The van der Waals surface area contributed by atoms with Crippen molar-refractivity contribution in [2.24, 2.45) is 0 Å². The predicted molar refractivity (Wildman–Crippen MR) is 54.6 cm³/mol. The Morgan fingerprint density at radius 3 is 3.14 bits per heavy atom. The number of rotatable bonds is 2. The summed E-state index contributed by atoms with van der Waals surface area (Å²) in [6.45, 7) is 2.32. The van der Waals surface area contributed by atoms with E-state index in [0.717, 1.165) is 17.8 Å². The third kappa shape index (κ3) is 1.45. The number of hydrogen-bond donors (Lipinski definition) is 2. The number of carbonyl (C=O) groups excluding carboxylic acids is 1. The Hall–Kier alpha value is -1.51. The van der Waals surface area contributed by atoms with Crippen LogP contribution in [0.3, 0.4) is 0 Å². The summed E-state index contributed by atoms with van der Waals surface area (Å²) in [6, 6.07) is 5.39. The molecule has 1 atom stereocenters. The molecule has 1 aliphatic rings. The van der Waals surface area contributed by atoms with Crippen LogP contribution in [0, 0.1) is 0 Å². The highest BCUT2D eigenvalue weighted by Crippen LogP contribution is 2.39. The Balaban J connectivity index is 2.33. The van der Waals surface area contributed by atoms with Gasteiger partial charge in [0.25, 0.3) is 0 Å².